The van der Waals surface area contributed by atoms with Gasteiger partial charge in [-0.2, -0.15) is 0 Å². The van der Waals surface area contributed by atoms with E-state index in [2.05, 4.69) is 12.1 Å². The highest BCUT2D eigenvalue weighted by Gasteiger charge is 2.29. The predicted octanol–water partition coefficient (Wildman–Crippen LogP) is 0.837. The molecule has 2 aliphatic heterocycles. The molecule has 8 nitrogen and oxygen atoms in total. The van der Waals surface area contributed by atoms with Crippen molar-refractivity contribution in [2.45, 2.75) is 19.8 Å². The first-order chi connectivity index (χ1) is 11.7. The zero-order chi connectivity index (χ0) is 16.9. The molecule has 2 fully saturated rings. The van der Waals surface area contributed by atoms with E-state index < -0.39 is 0 Å². The van der Waals surface area contributed by atoms with Gasteiger partial charge in [0, 0.05) is 51.8 Å². The molecule has 0 saturated carbocycles. The summed E-state index contributed by atoms with van der Waals surface area (Å²) in [6.45, 7) is 6.63. The van der Waals surface area contributed by atoms with Crippen LogP contribution in [0.1, 0.15) is 29.6 Å². The number of morpholine rings is 1. The summed E-state index contributed by atoms with van der Waals surface area (Å²) in [5.74, 6) is 0.613. The Morgan fingerprint density at radius 2 is 1.67 bits per heavy atom. The molecule has 1 aromatic rings. The zero-order valence-electron chi connectivity index (χ0n) is 14.1. The van der Waals surface area contributed by atoms with Crippen LogP contribution in [0.15, 0.2) is 10.6 Å². The minimum Gasteiger partial charge on any atom is -0.378 e. The molecular formula is C16H24N4O4. The van der Waals surface area contributed by atoms with Gasteiger partial charge in [0.1, 0.15) is 5.76 Å². The lowest BCUT2D eigenvalue weighted by atomic mass is 10.2. The van der Waals surface area contributed by atoms with Gasteiger partial charge in [-0.3, -0.25) is 4.79 Å². The Kier molecular flexibility index (Phi) is 5.34. The van der Waals surface area contributed by atoms with Gasteiger partial charge >= 0.3 is 6.03 Å². The van der Waals surface area contributed by atoms with Crippen molar-refractivity contribution >= 4 is 11.9 Å². The Balaban J connectivity index is 1.52. The molecule has 3 heterocycles. The lowest BCUT2D eigenvalue weighted by molar-refractivity contribution is 0.0361. The summed E-state index contributed by atoms with van der Waals surface area (Å²) < 4.78 is 10.4. The fraction of sp³-hybridized carbons (Fsp3) is 0.688. The van der Waals surface area contributed by atoms with E-state index in [9.17, 15) is 9.59 Å². The van der Waals surface area contributed by atoms with E-state index in [1.54, 1.807) is 15.9 Å². The van der Waals surface area contributed by atoms with Gasteiger partial charge in [-0.25, -0.2) is 4.79 Å². The second-order valence-electron chi connectivity index (χ2n) is 6.09. The maximum absolute atomic E-state index is 12.5. The van der Waals surface area contributed by atoms with E-state index in [4.69, 9.17) is 9.26 Å². The van der Waals surface area contributed by atoms with Crippen molar-refractivity contribution in [3.05, 3.63) is 17.5 Å². The number of carbonyl (C=O) groups excluding carboxylic acids is 2. The van der Waals surface area contributed by atoms with E-state index in [1.165, 1.54) is 0 Å². The lowest BCUT2D eigenvalue weighted by Gasteiger charge is -2.38. The number of aryl methyl sites for hydroxylation is 1. The Hall–Kier alpha value is -2.09. The third kappa shape index (κ3) is 3.69. The number of urea groups is 1. The summed E-state index contributed by atoms with van der Waals surface area (Å²) in [7, 11) is 0. The number of ether oxygens (including phenoxy) is 1. The van der Waals surface area contributed by atoms with Crippen molar-refractivity contribution in [1.29, 1.82) is 0 Å². The molecule has 3 rings (SSSR count). The van der Waals surface area contributed by atoms with E-state index in [0.717, 1.165) is 18.6 Å². The standard InChI is InChI=1S/C16H24N4O4/c1-2-3-13-12-14(17-24-13)15(21)18-4-6-19(7-5-18)16(22)20-8-10-23-11-9-20/h12H,2-11H2,1H3. The number of hydrogen-bond donors (Lipinski definition) is 0. The Bertz CT molecular complexity index is 574. The molecule has 0 bridgehead atoms. The zero-order valence-corrected chi connectivity index (χ0v) is 14.1. The highest BCUT2D eigenvalue weighted by molar-refractivity contribution is 5.92. The third-order valence-corrected chi connectivity index (χ3v) is 4.39. The Morgan fingerprint density at radius 1 is 1.04 bits per heavy atom. The number of aromatic nitrogens is 1. The van der Waals surface area contributed by atoms with Crippen molar-refractivity contribution in [2.75, 3.05) is 52.5 Å². The highest BCUT2D eigenvalue weighted by Crippen LogP contribution is 2.12. The molecule has 2 saturated heterocycles. The van der Waals surface area contributed by atoms with Crippen LogP contribution >= 0.6 is 0 Å². The van der Waals surface area contributed by atoms with Crippen LogP contribution in [0.3, 0.4) is 0 Å². The van der Waals surface area contributed by atoms with Crippen LogP contribution in [0, 0.1) is 0 Å². The van der Waals surface area contributed by atoms with Gasteiger partial charge in [-0.15, -0.1) is 0 Å². The van der Waals surface area contributed by atoms with Crippen LogP contribution in [-0.4, -0.2) is 84.3 Å². The minimum atomic E-state index is -0.125. The van der Waals surface area contributed by atoms with Gasteiger partial charge in [0.15, 0.2) is 5.69 Å². The molecule has 1 aromatic heterocycles. The quantitative estimate of drug-likeness (QED) is 0.817. The number of amides is 3. The second kappa shape index (κ2) is 7.65. The van der Waals surface area contributed by atoms with Gasteiger partial charge in [0.25, 0.3) is 5.91 Å². The average Bonchev–Trinajstić information content (AvgIpc) is 3.10. The largest absolute Gasteiger partial charge is 0.378 e. The van der Waals surface area contributed by atoms with Crippen LogP contribution in [0.25, 0.3) is 0 Å². The van der Waals surface area contributed by atoms with Crippen molar-refractivity contribution in [1.82, 2.24) is 19.9 Å². The van der Waals surface area contributed by atoms with E-state index >= 15 is 0 Å². The Morgan fingerprint density at radius 3 is 2.33 bits per heavy atom. The fourth-order valence-corrected chi connectivity index (χ4v) is 3.00. The molecule has 8 heteroatoms. The molecule has 0 spiro atoms. The Labute approximate surface area is 141 Å². The molecule has 0 radical (unpaired) electrons. The van der Waals surface area contributed by atoms with Gasteiger partial charge in [0.2, 0.25) is 0 Å². The summed E-state index contributed by atoms with van der Waals surface area (Å²) in [5, 5.41) is 3.87. The fourth-order valence-electron chi connectivity index (χ4n) is 3.00. The molecule has 24 heavy (non-hydrogen) atoms. The second-order valence-corrected chi connectivity index (χ2v) is 6.09. The van der Waals surface area contributed by atoms with Crippen molar-refractivity contribution in [2.24, 2.45) is 0 Å². The lowest BCUT2D eigenvalue weighted by Crippen LogP contribution is -2.55. The molecule has 0 unspecified atom stereocenters. The molecule has 0 aliphatic carbocycles. The van der Waals surface area contributed by atoms with Crippen LogP contribution in [0.5, 0.6) is 0 Å². The number of hydrogen-bond acceptors (Lipinski definition) is 5. The maximum atomic E-state index is 12.5. The summed E-state index contributed by atoms with van der Waals surface area (Å²) >= 11 is 0. The maximum Gasteiger partial charge on any atom is 0.320 e. The van der Waals surface area contributed by atoms with Gasteiger partial charge < -0.3 is 24.0 Å². The molecule has 0 N–H and O–H groups in total. The summed E-state index contributed by atoms with van der Waals surface area (Å²) in [6, 6.07) is 1.76. The van der Waals surface area contributed by atoms with Crippen molar-refractivity contribution < 1.29 is 18.8 Å². The molecule has 3 amide bonds. The minimum absolute atomic E-state index is 0.0390. The van der Waals surface area contributed by atoms with Crippen molar-refractivity contribution in [3.8, 4) is 0 Å². The molecule has 0 aromatic carbocycles. The number of carbonyl (C=O) groups is 2. The van der Waals surface area contributed by atoms with Crippen LogP contribution < -0.4 is 0 Å². The van der Waals surface area contributed by atoms with Crippen LogP contribution in [-0.2, 0) is 11.2 Å². The van der Waals surface area contributed by atoms with Gasteiger partial charge in [0.05, 0.1) is 13.2 Å². The molecule has 0 atom stereocenters. The highest BCUT2D eigenvalue weighted by atomic mass is 16.5. The number of rotatable bonds is 3. The molecular weight excluding hydrogens is 312 g/mol. The first kappa shape index (κ1) is 16.8. The first-order valence-electron chi connectivity index (χ1n) is 8.55. The van der Waals surface area contributed by atoms with Crippen LogP contribution in [0.4, 0.5) is 4.79 Å². The topological polar surface area (TPSA) is 79.1 Å². The third-order valence-electron chi connectivity index (χ3n) is 4.39. The normalized spacial score (nSPS) is 18.8. The SMILES string of the molecule is CCCc1cc(C(=O)N2CCN(C(=O)N3CCOCC3)CC2)no1. The molecule has 132 valence electrons. The van der Waals surface area contributed by atoms with Crippen molar-refractivity contribution in [3.63, 3.8) is 0 Å². The van der Waals surface area contributed by atoms with E-state index in [-0.39, 0.29) is 11.9 Å². The summed E-state index contributed by atoms with van der Waals surface area (Å²) in [5.41, 5.74) is 0.353. The summed E-state index contributed by atoms with van der Waals surface area (Å²) in [6.07, 6.45) is 1.73. The average molecular weight is 336 g/mol. The monoisotopic (exact) mass is 336 g/mol. The molecule has 2 aliphatic rings. The van der Waals surface area contributed by atoms with Crippen LogP contribution in [0.2, 0.25) is 0 Å². The number of nitrogens with zero attached hydrogens (tertiary/aromatic N) is 4. The van der Waals surface area contributed by atoms with Gasteiger partial charge in [-0.05, 0) is 6.42 Å². The van der Waals surface area contributed by atoms with E-state index in [1.807, 2.05) is 4.90 Å². The summed E-state index contributed by atoms with van der Waals surface area (Å²) in [4.78, 5) is 30.3. The van der Waals surface area contributed by atoms with E-state index in [0.29, 0.717) is 58.2 Å². The first-order valence-corrected chi connectivity index (χ1v) is 8.55. The number of piperazine rings is 1. The van der Waals surface area contributed by atoms with Gasteiger partial charge in [-0.1, -0.05) is 12.1 Å². The predicted molar refractivity (Wildman–Crippen MR) is 85.8 cm³/mol. The smallest absolute Gasteiger partial charge is 0.320 e.